The van der Waals surface area contributed by atoms with Gasteiger partial charge in [-0.25, -0.2) is 0 Å². The highest BCUT2D eigenvalue weighted by molar-refractivity contribution is 5.73. The Morgan fingerprint density at radius 2 is 2.18 bits per heavy atom. The van der Waals surface area contributed by atoms with Crippen molar-refractivity contribution in [1.29, 1.82) is 0 Å². The Kier molecular flexibility index (Phi) is 3.44. The van der Waals surface area contributed by atoms with E-state index in [1.165, 1.54) is 0 Å². The lowest BCUT2D eigenvalue weighted by Crippen LogP contribution is -2.48. The van der Waals surface area contributed by atoms with E-state index in [-0.39, 0.29) is 6.61 Å². The van der Waals surface area contributed by atoms with Gasteiger partial charge in [-0.1, -0.05) is 36.9 Å². The number of hydrogen-bond acceptors (Lipinski definition) is 3. The second-order valence-corrected chi connectivity index (χ2v) is 4.09. The van der Waals surface area contributed by atoms with Gasteiger partial charge in [0.25, 0.3) is 0 Å². The molecule has 0 aliphatic carbocycles. The molecule has 17 heavy (non-hydrogen) atoms. The molecular formula is C13H15NO3. The molecule has 1 fully saturated rings. The van der Waals surface area contributed by atoms with E-state index in [0.717, 1.165) is 5.56 Å². The minimum atomic E-state index is -0.853. The van der Waals surface area contributed by atoms with Crippen LogP contribution in [-0.4, -0.2) is 35.2 Å². The zero-order valence-electron chi connectivity index (χ0n) is 9.50. The Morgan fingerprint density at radius 1 is 1.47 bits per heavy atom. The van der Waals surface area contributed by atoms with Gasteiger partial charge in [0.2, 0.25) is 0 Å². The third-order valence-electron chi connectivity index (χ3n) is 2.78. The molecule has 1 unspecified atom stereocenters. The molecule has 1 atom stereocenters. The van der Waals surface area contributed by atoms with Crippen LogP contribution < -0.4 is 0 Å². The number of benzene rings is 1. The molecule has 4 heteroatoms. The predicted octanol–water partition coefficient (Wildman–Crippen LogP) is 1.49. The van der Waals surface area contributed by atoms with Crippen LogP contribution in [0.4, 0.5) is 0 Å². The van der Waals surface area contributed by atoms with Crippen molar-refractivity contribution in [2.45, 2.75) is 12.6 Å². The highest BCUT2D eigenvalue weighted by Crippen LogP contribution is 2.16. The van der Waals surface area contributed by atoms with Crippen molar-refractivity contribution < 1.29 is 14.6 Å². The fourth-order valence-corrected chi connectivity index (χ4v) is 1.90. The average molecular weight is 233 g/mol. The number of hydrogen-bond donors (Lipinski definition) is 1. The minimum Gasteiger partial charge on any atom is -0.495 e. The zero-order chi connectivity index (χ0) is 12.3. The van der Waals surface area contributed by atoms with Gasteiger partial charge in [0, 0.05) is 6.54 Å². The maximum Gasteiger partial charge on any atom is 0.324 e. The molecule has 90 valence electrons. The van der Waals surface area contributed by atoms with Gasteiger partial charge < -0.3 is 9.84 Å². The molecule has 0 radical (unpaired) electrons. The van der Waals surface area contributed by atoms with Crippen LogP contribution in [0.15, 0.2) is 42.7 Å². The highest BCUT2D eigenvalue weighted by Gasteiger charge is 2.30. The fraction of sp³-hybridized carbons (Fsp3) is 0.308. The summed E-state index contributed by atoms with van der Waals surface area (Å²) in [6.07, 6.45) is 0. The van der Waals surface area contributed by atoms with Crippen LogP contribution >= 0.6 is 0 Å². The summed E-state index contributed by atoms with van der Waals surface area (Å²) in [6, 6.07) is 9.20. The molecule has 1 N–H and O–H groups in total. The topological polar surface area (TPSA) is 49.8 Å². The van der Waals surface area contributed by atoms with Gasteiger partial charge in [-0.3, -0.25) is 9.69 Å². The van der Waals surface area contributed by atoms with Crippen molar-refractivity contribution in [2.75, 3.05) is 13.2 Å². The molecule has 1 aliphatic heterocycles. The molecule has 0 saturated carbocycles. The third-order valence-corrected chi connectivity index (χ3v) is 2.78. The normalized spacial score (nSPS) is 20.9. The van der Waals surface area contributed by atoms with Gasteiger partial charge in [-0.2, -0.15) is 0 Å². The zero-order valence-corrected chi connectivity index (χ0v) is 9.50. The minimum absolute atomic E-state index is 0.168. The van der Waals surface area contributed by atoms with Gasteiger partial charge >= 0.3 is 5.97 Å². The van der Waals surface area contributed by atoms with E-state index in [0.29, 0.717) is 18.8 Å². The number of carbonyl (C=O) groups is 1. The van der Waals surface area contributed by atoms with Gasteiger partial charge in [0.1, 0.15) is 18.4 Å². The number of aliphatic carboxylic acids is 1. The number of rotatable bonds is 3. The number of nitrogens with zero attached hydrogens (tertiary/aromatic N) is 1. The maximum atomic E-state index is 11.1. The van der Waals surface area contributed by atoms with Crippen LogP contribution in [-0.2, 0) is 16.1 Å². The van der Waals surface area contributed by atoms with Crippen LogP contribution in [0.5, 0.6) is 0 Å². The maximum absolute atomic E-state index is 11.1. The third kappa shape index (κ3) is 2.85. The molecular weight excluding hydrogens is 218 g/mol. The first-order valence-corrected chi connectivity index (χ1v) is 5.48. The number of morpholine rings is 1. The van der Waals surface area contributed by atoms with Crippen LogP contribution in [0.2, 0.25) is 0 Å². The molecule has 0 amide bonds. The summed E-state index contributed by atoms with van der Waals surface area (Å²) in [5.74, 6) is -0.230. The first-order chi connectivity index (χ1) is 8.16. The van der Waals surface area contributed by atoms with E-state index in [4.69, 9.17) is 9.84 Å². The average Bonchev–Trinajstić information content (AvgIpc) is 2.30. The van der Waals surface area contributed by atoms with E-state index >= 15 is 0 Å². The summed E-state index contributed by atoms with van der Waals surface area (Å²) in [6.45, 7) is 4.97. The van der Waals surface area contributed by atoms with Crippen LogP contribution in [0.1, 0.15) is 5.56 Å². The molecule has 0 bridgehead atoms. The van der Waals surface area contributed by atoms with Gasteiger partial charge in [0.05, 0.1) is 6.54 Å². The van der Waals surface area contributed by atoms with E-state index < -0.39 is 12.0 Å². The number of carboxylic acids is 1. The Bertz CT molecular complexity index is 416. The largest absolute Gasteiger partial charge is 0.495 e. The fourth-order valence-electron chi connectivity index (χ4n) is 1.90. The smallest absolute Gasteiger partial charge is 0.324 e. The second-order valence-electron chi connectivity index (χ2n) is 4.09. The Morgan fingerprint density at radius 3 is 2.82 bits per heavy atom. The lowest BCUT2D eigenvalue weighted by Gasteiger charge is -2.34. The molecule has 1 saturated heterocycles. The molecule has 1 aromatic carbocycles. The van der Waals surface area contributed by atoms with Gasteiger partial charge in [-0.15, -0.1) is 0 Å². The number of carboxylic acid groups (broad SMARTS) is 1. The Hall–Kier alpha value is -1.81. The van der Waals surface area contributed by atoms with E-state index in [1.54, 1.807) is 0 Å². The lowest BCUT2D eigenvalue weighted by atomic mass is 10.1. The quantitative estimate of drug-likeness (QED) is 0.859. The number of ether oxygens (including phenoxy) is 1. The molecule has 2 rings (SSSR count). The van der Waals surface area contributed by atoms with Crippen molar-refractivity contribution in [3.8, 4) is 0 Å². The summed E-state index contributed by atoms with van der Waals surface area (Å²) in [4.78, 5) is 13.0. The molecule has 1 heterocycles. The summed E-state index contributed by atoms with van der Waals surface area (Å²) >= 11 is 0. The lowest BCUT2D eigenvalue weighted by molar-refractivity contribution is -0.147. The summed E-state index contributed by atoms with van der Waals surface area (Å²) in [5.41, 5.74) is 1.09. The first kappa shape index (κ1) is 11.7. The highest BCUT2D eigenvalue weighted by atomic mass is 16.5. The summed E-state index contributed by atoms with van der Waals surface area (Å²) in [7, 11) is 0. The molecule has 1 aliphatic rings. The van der Waals surface area contributed by atoms with Crippen molar-refractivity contribution in [1.82, 2.24) is 4.90 Å². The monoisotopic (exact) mass is 233 g/mol. The van der Waals surface area contributed by atoms with Crippen LogP contribution in [0.3, 0.4) is 0 Å². The van der Waals surface area contributed by atoms with Crippen molar-refractivity contribution in [3.63, 3.8) is 0 Å². The molecule has 0 spiro atoms. The molecule has 0 aromatic heterocycles. The van der Waals surface area contributed by atoms with Gasteiger partial charge in [-0.05, 0) is 5.56 Å². The van der Waals surface area contributed by atoms with Crippen molar-refractivity contribution in [2.24, 2.45) is 0 Å². The van der Waals surface area contributed by atoms with Crippen LogP contribution in [0.25, 0.3) is 0 Å². The van der Waals surface area contributed by atoms with Gasteiger partial charge in [0.15, 0.2) is 0 Å². The van der Waals surface area contributed by atoms with Crippen LogP contribution in [0, 0.1) is 0 Å². The molecule has 1 aromatic rings. The summed E-state index contributed by atoms with van der Waals surface area (Å²) < 4.78 is 5.20. The Labute approximate surface area is 100 Å². The molecule has 4 nitrogen and oxygen atoms in total. The Balaban J connectivity index is 2.10. The standard InChI is InChI=1S/C13H15NO3/c1-10-7-14(12(9-17-10)13(15)16)8-11-5-3-2-4-6-11/h2-6,12H,1,7-9H2,(H,15,16). The van der Waals surface area contributed by atoms with Crippen molar-refractivity contribution >= 4 is 5.97 Å². The SMILES string of the molecule is C=C1CN(Cc2ccccc2)C(C(=O)O)CO1. The van der Waals surface area contributed by atoms with E-state index in [9.17, 15) is 4.79 Å². The summed E-state index contributed by atoms with van der Waals surface area (Å²) in [5, 5.41) is 9.12. The van der Waals surface area contributed by atoms with E-state index in [1.807, 2.05) is 35.2 Å². The predicted molar refractivity (Wildman–Crippen MR) is 63.4 cm³/mol. The first-order valence-electron chi connectivity index (χ1n) is 5.48. The second kappa shape index (κ2) is 5.01. The van der Waals surface area contributed by atoms with E-state index in [2.05, 4.69) is 6.58 Å². The van der Waals surface area contributed by atoms with Crippen molar-refractivity contribution in [3.05, 3.63) is 48.2 Å².